The van der Waals surface area contributed by atoms with Crippen molar-refractivity contribution in [1.29, 1.82) is 0 Å². The summed E-state index contributed by atoms with van der Waals surface area (Å²) in [4.78, 5) is 25.1. The van der Waals surface area contributed by atoms with Crippen molar-refractivity contribution in [3.63, 3.8) is 0 Å². The molecule has 1 aromatic heterocycles. The first-order valence-corrected chi connectivity index (χ1v) is 8.85. The van der Waals surface area contributed by atoms with Gasteiger partial charge in [-0.15, -0.1) is 0 Å². The topological polar surface area (TPSA) is 70.6 Å². The number of ether oxygens (including phenoxy) is 1. The molecule has 0 aliphatic carbocycles. The molecule has 1 aliphatic rings. The van der Waals surface area contributed by atoms with Crippen molar-refractivity contribution in [3.8, 4) is 5.75 Å². The Hall–Kier alpha value is -2.74. The predicted molar refractivity (Wildman–Crippen MR) is 100 cm³/mol. The van der Waals surface area contributed by atoms with Crippen molar-refractivity contribution >= 4 is 11.9 Å². The highest BCUT2D eigenvalue weighted by atomic mass is 19.1. The minimum Gasteiger partial charge on any atom is -0.484 e. The number of anilines is 1. The van der Waals surface area contributed by atoms with E-state index in [9.17, 15) is 9.18 Å². The second-order valence-electron chi connectivity index (χ2n) is 6.89. The molecule has 0 saturated carbocycles. The van der Waals surface area contributed by atoms with Gasteiger partial charge in [0.1, 0.15) is 11.6 Å². The molecule has 1 fully saturated rings. The number of hydrogen-bond acceptors (Lipinski definition) is 6. The van der Waals surface area contributed by atoms with Gasteiger partial charge in [-0.25, -0.2) is 14.4 Å². The summed E-state index contributed by atoms with van der Waals surface area (Å²) in [6.07, 6.45) is 3.43. The van der Waals surface area contributed by atoms with Crippen LogP contribution >= 0.6 is 0 Å². The van der Waals surface area contributed by atoms with Crippen LogP contribution in [0.15, 0.2) is 42.7 Å². The van der Waals surface area contributed by atoms with E-state index in [0.717, 1.165) is 13.1 Å². The molecule has 3 rings (SSSR count). The number of hydrogen-bond donors (Lipinski definition) is 1. The van der Waals surface area contributed by atoms with Gasteiger partial charge in [-0.1, -0.05) is 0 Å². The van der Waals surface area contributed by atoms with Crippen LogP contribution in [-0.2, 0) is 4.79 Å². The maximum absolute atomic E-state index is 12.9. The normalized spacial score (nSPS) is 19.3. The fraction of sp³-hybridized carbons (Fsp3) is 0.421. The number of nitrogens with zero attached hydrogens (tertiary/aromatic N) is 4. The van der Waals surface area contributed by atoms with Crippen molar-refractivity contribution in [2.75, 3.05) is 45.2 Å². The number of rotatable bonds is 7. The monoisotopic (exact) mass is 373 g/mol. The summed E-state index contributed by atoms with van der Waals surface area (Å²) in [6, 6.07) is 7.36. The summed E-state index contributed by atoms with van der Waals surface area (Å²) in [5, 5.41) is 3.05. The fourth-order valence-electron chi connectivity index (χ4n) is 3.23. The Morgan fingerprint density at radius 2 is 1.96 bits per heavy atom. The molecule has 27 heavy (non-hydrogen) atoms. The Morgan fingerprint density at radius 1 is 1.26 bits per heavy atom. The zero-order chi connectivity index (χ0) is 19.2. The highest BCUT2D eigenvalue weighted by molar-refractivity contribution is 5.78. The van der Waals surface area contributed by atoms with Gasteiger partial charge in [0.05, 0.1) is 6.04 Å². The molecule has 0 radical (unpaired) electrons. The van der Waals surface area contributed by atoms with Crippen LogP contribution in [0.1, 0.15) is 0 Å². The molecule has 0 spiro atoms. The zero-order valence-corrected chi connectivity index (χ0v) is 15.5. The molecule has 7 nitrogen and oxygen atoms in total. The third-order valence-corrected chi connectivity index (χ3v) is 4.41. The molecule has 2 aromatic rings. The van der Waals surface area contributed by atoms with Gasteiger partial charge in [0, 0.05) is 37.9 Å². The molecule has 1 aliphatic heterocycles. The molecular weight excluding hydrogens is 349 g/mol. The molecule has 2 heterocycles. The summed E-state index contributed by atoms with van der Waals surface area (Å²) in [7, 11) is 4.02. The first-order chi connectivity index (χ1) is 13.0. The minimum atomic E-state index is -0.340. The number of aromatic nitrogens is 2. The van der Waals surface area contributed by atoms with Crippen molar-refractivity contribution in [3.05, 3.63) is 48.5 Å². The maximum atomic E-state index is 12.9. The Balaban J connectivity index is 1.58. The Morgan fingerprint density at radius 3 is 2.63 bits per heavy atom. The van der Waals surface area contributed by atoms with Gasteiger partial charge in [-0.05, 0) is 44.4 Å². The van der Waals surface area contributed by atoms with Crippen molar-refractivity contribution in [2.24, 2.45) is 5.92 Å². The van der Waals surface area contributed by atoms with Crippen LogP contribution in [0.2, 0.25) is 0 Å². The Labute approximate surface area is 158 Å². The van der Waals surface area contributed by atoms with Crippen LogP contribution in [0, 0.1) is 11.7 Å². The lowest BCUT2D eigenvalue weighted by Crippen LogP contribution is -2.45. The van der Waals surface area contributed by atoms with E-state index >= 15 is 0 Å². The van der Waals surface area contributed by atoms with E-state index in [-0.39, 0.29) is 30.3 Å². The van der Waals surface area contributed by atoms with E-state index in [1.165, 1.54) is 24.3 Å². The molecule has 2 atom stereocenters. The van der Waals surface area contributed by atoms with Crippen molar-refractivity contribution in [1.82, 2.24) is 20.2 Å². The number of carbonyl (C=O) groups excluding carboxylic acids is 1. The number of carbonyl (C=O) groups is 1. The van der Waals surface area contributed by atoms with E-state index in [1.807, 2.05) is 14.1 Å². The molecule has 1 saturated heterocycles. The van der Waals surface area contributed by atoms with Gasteiger partial charge >= 0.3 is 0 Å². The Bertz CT molecular complexity index is 742. The van der Waals surface area contributed by atoms with Gasteiger partial charge in [-0.3, -0.25) is 4.79 Å². The third kappa shape index (κ3) is 5.37. The molecule has 1 N–H and O–H groups in total. The average Bonchev–Trinajstić information content (AvgIpc) is 3.04. The lowest BCUT2D eigenvalue weighted by molar-refractivity contribution is -0.124. The number of amides is 1. The molecular formula is C19H24FN5O2. The average molecular weight is 373 g/mol. The SMILES string of the molecule is CN(C)C[C@@H]1CN(c2ncccn2)C[C@H]1NC(=O)COc1ccc(F)cc1. The molecule has 0 unspecified atom stereocenters. The standard InChI is InChI=1S/C19H24FN5O2/c1-24(2)10-14-11-25(19-21-8-3-9-22-19)12-17(14)23-18(26)13-27-16-6-4-15(20)5-7-16/h3-9,14,17H,10-13H2,1-2H3,(H,23,26)/t14-,17-/m1/s1. The third-order valence-electron chi connectivity index (χ3n) is 4.41. The minimum absolute atomic E-state index is 0.0273. The van der Waals surface area contributed by atoms with E-state index < -0.39 is 0 Å². The van der Waals surface area contributed by atoms with Gasteiger partial charge in [0.15, 0.2) is 6.61 Å². The van der Waals surface area contributed by atoms with Crippen LogP contribution in [-0.4, -0.2) is 67.2 Å². The molecule has 1 amide bonds. The summed E-state index contributed by atoms with van der Waals surface area (Å²) in [6.45, 7) is 2.14. The number of nitrogens with one attached hydrogen (secondary N) is 1. The lowest BCUT2D eigenvalue weighted by atomic mass is 10.0. The van der Waals surface area contributed by atoms with Crippen LogP contribution in [0.5, 0.6) is 5.75 Å². The van der Waals surface area contributed by atoms with Gasteiger partial charge in [0.25, 0.3) is 5.91 Å². The summed E-state index contributed by atoms with van der Waals surface area (Å²) >= 11 is 0. The van der Waals surface area contributed by atoms with Crippen LogP contribution in [0.25, 0.3) is 0 Å². The Kier molecular flexibility index (Phi) is 6.18. The molecule has 8 heteroatoms. The second kappa shape index (κ2) is 8.77. The number of halogens is 1. The fourth-order valence-corrected chi connectivity index (χ4v) is 3.23. The first kappa shape index (κ1) is 19.0. The van der Waals surface area contributed by atoms with Gasteiger partial charge in [-0.2, -0.15) is 0 Å². The van der Waals surface area contributed by atoms with Gasteiger partial charge in [0.2, 0.25) is 5.95 Å². The van der Waals surface area contributed by atoms with Crippen LogP contribution < -0.4 is 15.0 Å². The van der Waals surface area contributed by atoms with Crippen molar-refractivity contribution < 1.29 is 13.9 Å². The largest absolute Gasteiger partial charge is 0.484 e. The maximum Gasteiger partial charge on any atom is 0.258 e. The summed E-state index contributed by atoms with van der Waals surface area (Å²) in [5.41, 5.74) is 0. The second-order valence-corrected chi connectivity index (χ2v) is 6.89. The highest BCUT2D eigenvalue weighted by Gasteiger charge is 2.35. The molecule has 144 valence electrons. The van der Waals surface area contributed by atoms with E-state index in [2.05, 4.69) is 25.1 Å². The summed E-state index contributed by atoms with van der Waals surface area (Å²) in [5.74, 6) is 0.831. The van der Waals surface area contributed by atoms with Gasteiger partial charge < -0.3 is 19.9 Å². The van der Waals surface area contributed by atoms with Crippen LogP contribution in [0.4, 0.5) is 10.3 Å². The predicted octanol–water partition coefficient (Wildman–Crippen LogP) is 1.18. The lowest BCUT2D eigenvalue weighted by Gasteiger charge is -2.22. The zero-order valence-electron chi connectivity index (χ0n) is 15.5. The number of benzene rings is 1. The van der Waals surface area contributed by atoms with Crippen molar-refractivity contribution in [2.45, 2.75) is 6.04 Å². The summed E-state index contributed by atoms with van der Waals surface area (Å²) < 4.78 is 18.4. The van der Waals surface area contributed by atoms with E-state index in [4.69, 9.17) is 4.74 Å². The molecule has 0 bridgehead atoms. The first-order valence-electron chi connectivity index (χ1n) is 8.85. The highest BCUT2D eigenvalue weighted by Crippen LogP contribution is 2.21. The quantitative estimate of drug-likeness (QED) is 0.786. The van der Waals surface area contributed by atoms with Crippen LogP contribution in [0.3, 0.4) is 0 Å². The van der Waals surface area contributed by atoms with E-state index in [0.29, 0.717) is 18.2 Å². The smallest absolute Gasteiger partial charge is 0.258 e. The molecule has 1 aromatic carbocycles. The van der Waals surface area contributed by atoms with E-state index in [1.54, 1.807) is 18.5 Å².